The Morgan fingerprint density at radius 2 is 2.08 bits per heavy atom. The molecule has 0 spiro atoms. The predicted octanol–water partition coefficient (Wildman–Crippen LogP) is 2.32. The van der Waals surface area contributed by atoms with Gasteiger partial charge in [0.1, 0.15) is 11.6 Å². The van der Waals surface area contributed by atoms with Crippen LogP contribution in [0.2, 0.25) is 0 Å². The number of carbonyl (C=O) groups excluding carboxylic acids is 2. The van der Waals surface area contributed by atoms with Crippen LogP contribution in [0.25, 0.3) is 0 Å². The number of likely N-dealkylation sites (N-methyl/N-ethyl adjacent to an activating group) is 1. The van der Waals surface area contributed by atoms with Gasteiger partial charge in [-0.2, -0.15) is 0 Å². The zero-order chi connectivity index (χ0) is 18.4. The zero-order valence-electron chi connectivity index (χ0n) is 14.0. The number of hydrogen-bond donors (Lipinski definition) is 2. The van der Waals surface area contributed by atoms with Gasteiger partial charge in [-0.25, -0.2) is 4.39 Å². The van der Waals surface area contributed by atoms with Crippen LogP contribution in [0.15, 0.2) is 35.7 Å². The summed E-state index contributed by atoms with van der Waals surface area (Å²) in [6.07, 6.45) is 0. The second-order valence-electron chi connectivity index (χ2n) is 5.45. The van der Waals surface area contributed by atoms with Crippen LogP contribution in [0.4, 0.5) is 9.39 Å². The maximum atomic E-state index is 13.5. The van der Waals surface area contributed by atoms with Gasteiger partial charge in [0.15, 0.2) is 11.6 Å². The van der Waals surface area contributed by atoms with Gasteiger partial charge in [-0.1, -0.05) is 12.1 Å². The van der Waals surface area contributed by atoms with Crippen LogP contribution in [-0.2, 0) is 4.79 Å². The summed E-state index contributed by atoms with van der Waals surface area (Å²) in [5, 5.41) is 4.82. The Bertz CT molecular complexity index is 750. The molecule has 0 aliphatic rings. The van der Waals surface area contributed by atoms with Crippen molar-refractivity contribution in [3.63, 3.8) is 0 Å². The Labute approximate surface area is 149 Å². The Balaban J connectivity index is 1.85. The molecule has 0 fully saturated rings. The maximum Gasteiger partial charge on any atom is 0.251 e. The van der Waals surface area contributed by atoms with Crippen LogP contribution in [-0.4, -0.2) is 43.0 Å². The number of primary amides is 1. The molecule has 0 aliphatic carbocycles. The fourth-order valence-corrected chi connectivity index (χ4v) is 2.87. The van der Waals surface area contributed by atoms with E-state index in [-0.39, 0.29) is 23.8 Å². The first-order valence-electron chi connectivity index (χ1n) is 7.66. The van der Waals surface area contributed by atoms with Gasteiger partial charge < -0.3 is 15.8 Å². The van der Waals surface area contributed by atoms with E-state index in [9.17, 15) is 14.0 Å². The summed E-state index contributed by atoms with van der Waals surface area (Å²) in [5.74, 6) is -1.10. The van der Waals surface area contributed by atoms with E-state index in [1.54, 1.807) is 48.5 Å². The molecule has 2 amide bonds. The number of para-hydroxylation sites is 1. The number of carbonyl (C=O) groups is 2. The molecule has 2 aromatic rings. The molecule has 6 nitrogen and oxygen atoms in total. The first-order valence-corrected chi connectivity index (χ1v) is 8.54. The van der Waals surface area contributed by atoms with Gasteiger partial charge in [-0.15, -0.1) is 11.3 Å². The summed E-state index contributed by atoms with van der Waals surface area (Å²) in [4.78, 5) is 25.4. The SMILES string of the molecule is C[C@@H](C(=O)Nc1sccc1C(N)=O)N(C)CCOc1ccccc1F. The monoisotopic (exact) mass is 365 g/mol. The molecule has 3 N–H and O–H groups in total. The molecule has 1 aromatic carbocycles. The van der Waals surface area contributed by atoms with Crippen molar-refractivity contribution < 1.29 is 18.7 Å². The van der Waals surface area contributed by atoms with Gasteiger partial charge in [0.2, 0.25) is 5.91 Å². The normalized spacial score (nSPS) is 12.0. The van der Waals surface area contributed by atoms with Crippen LogP contribution >= 0.6 is 11.3 Å². The molecule has 1 aromatic heterocycles. The summed E-state index contributed by atoms with van der Waals surface area (Å²) in [5.41, 5.74) is 5.55. The third kappa shape index (κ3) is 5.01. The molecule has 0 unspecified atom stereocenters. The van der Waals surface area contributed by atoms with Crippen molar-refractivity contribution in [3.05, 3.63) is 47.1 Å². The van der Waals surface area contributed by atoms with E-state index in [1.807, 2.05) is 0 Å². The molecule has 1 atom stereocenters. The molecule has 0 bridgehead atoms. The number of rotatable bonds is 8. The molecule has 0 saturated carbocycles. The molecule has 0 radical (unpaired) electrons. The summed E-state index contributed by atoms with van der Waals surface area (Å²) in [7, 11) is 1.76. The van der Waals surface area contributed by atoms with Crippen LogP contribution in [0.3, 0.4) is 0 Å². The van der Waals surface area contributed by atoms with Gasteiger partial charge in [-0.05, 0) is 37.6 Å². The zero-order valence-corrected chi connectivity index (χ0v) is 14.8. The summed E-state index contributed by atoms with van der Waals surface area (Å²) in [6, 6.07) is 7.26. The summed E-state index contributed by atoms with van der Waals surface area (Å²) >= 11 is 1.23. The number of benzene rings is 1. The number of amides is 2. The molecule has 8 heteroatoms. The number of nitrogens with one attached hydrogen (secondary N) is 1. The molecule has 0 saturated heterocycles. The minimum absolute atomic E-state index is 0.178. The number of anilines is 1. The van der Waals surface area contributed by atoms with E-state index < -0.39 is 17.8 Å². The van der Waals surface area contributed by atoms with E-state index in [0.717, 1.165) is 0 Å². The highest BCUT2D eigenvalue weighted by Gasteiger charge is 2.20. The quantitative estimate of drug-likeness (QED) is 0.752. The van der Waals surface area contributed by atoms with Gasteiger partial charge in [0.25, 0.3) is 5.91 Å². The molecular formula is C17H20FN3O3S. The highest BCUT2D eigenvalue weighted by Crippen LogP contribution is 2.23. The smallest absolute Gasteiger partial charge is 0.251 e. The lowest BCUT2D eigenvalue weighted by atomic mass is 10.2. The predicted molar refractivity (Wildman–Crippen MR) is 95.5 cm³/mol. The fourth-order valence-electron chi connectivity index (χ4n) is 2.07. The average Bonchev–Trinajstić information content (AvgIpc) is 3.04. The van der Waals surface area contributed by atoms with Crippen LogP contribution in [0.1, 0.15) is 17.3 Å². The first kappa shape index (κ1) is 18.9. The Morgan fingerprint density at radius 3 is 2.76 bits per heavy atom. The van der Waals surface area contributed by atoms with Crippen molar-refractivity contribution in [1.82, 2.24) is 4.90 Å². The van der Waals surface area contributed by atoms with Crippen molar-refractivity contribution >= 4 is 28.2 Å². The highest BCUT2D eigenvalue weighted by atomic mass is 32.1. The highest BCUT2D eigenvalue weighted by molar-refractivity contribution is 7.14. The molecular weight excluding hydrogens is 345 g/mol. The lowest BCUT2D eigenvalue weighted by Gasteiger charge is -2.23. The van der Waals surface area contributed by atoms with E-state index >= 15 is 0 Å². The van der Waals surface area contributed by atoms with E-state index in [0.29, 0.717) is 11.5 Å². The van der Waals surface area contributed by atoms with Crippen molar-refractivity contribution in [2.24, 2.45) is 5.73 Å². The topological polar surface area (TPSA) is 84.7 Å². The summed E-state index contributed by atoms with van der Waals surface area (Å²) in [6.45, 7) is 2.40. The number of nitrogens with two attached hydrogens (primary N) is 1. The van der Waals surface area contributed by atoms with E-state index in [2.05, 4.69) is 5.32 Å². The Morgan fingerprint density at radius 1 is 1.36 bits per heavy atom. The van der Waals surface area contributed by atoms with Gasteiger partial charge in [0.05, 0.1) is 11.6 Å². The van der Waals surface area contributed by atoms with Crippen LogP contribution in [0.5, 0.6) is 5.75 Å². The van der Waals surface area contributed by atoms with E-state index in [4.69, 9.17) is 10.5 Å². The number of thiophene rings is 1. The Hall–Kier alpha value is -2.45. The van der Waals surface area contributed by atoms with Gasteiger partial charge >= 0.3 is 0 Å². The van der Waals surface area contributed by atoms with Crippen molar-refractivity contribution in [3.8, 4) is 5.75 Å². The minimum Gasteiger partial charge on any atom is -0.489 e. The van der Waals surface area contributed by atoms with Crippen molar-refractivity contribution in [2.75, 3.05) is 25.5 Å². The largest absolute Gasteiger partial charge is 0.489 e. The standard InChI is InChI=1S/C17H20FN3O3S/c1-11(16(23)20-17-12(15(19)22)7-10-25-17)21(2)8-9-24-14-6-4-3-5-13(14)18/h3-7,10-11H,8-9H2,1-2H3,(H2,19,22)(H,20,23)/t11-/m0/s1. The Kier molecular flexibility index (Phi) is 6.49. The lowest BCUT2D eigenvalue weighted by molar-refractivity contribution is -0.120. The number of halogens is 1. The molecule has 2 rings (SSSR count). The van der Waals surface area contributed by atoms with Gasteiger partial charge in [0, 0.05) is 6.54 Å². The second kappa shape index (κ2) is 8.59. The maximum absolute atomic E-state index is 13.5. The third-order valence-corrected chi connectivity index (χ3v) is 4.58. The van der Waals surface area contributed by atoms with Crippen molar-refractivity contribution in [2.45, 2.75) is 13.0 Å². The number of nitrogens with zero attached hydrogens (tertiary/aromatic N) is 1. The molecule has 134 valence electrons. The van der Waals surface area contributed by atoms with Crippen LogP contribution < -0.4 is 15.8 Å². The summed E-state index contributed by atoms with van der Waals surface area (Å²) < 4.78 is 18.9. The number of ether oxygens (including phenoxy) is 1. The lowest BCUT2D eigenvalue weighted by Crippen LogP contribution is -2.41. The number of hydrogen-bond acceptors (Lipinski definition) is 5. The molecule has 1 heterocycles. The van der Waals surface area contributed by atoms with Crippen molar-refractivity contribution in [1.29, 1.82) is 0 Å². The fraction of sp³-hybridized carbons (Fsp3) is 0.294. The molecule has 25 heavy (non-hydrogen) atoms. The van der Waals surface area contributed by atoms with Gasteiger partial charge in [-0.3, -0.25) is 14.5 Å². The minimum atomic E-state index is -0.587. The van der Waals surface area contributed by atoms with Crippen LogP contribution in [0, 0.1) is 5.82 Å². The second-order valence-corrected chi connectivity index (χ2v) is 6.37. The average molecular weight is 365 g/mol. The molecule has 0 aliphatic heterocycles. The first-order chi connectivity index (χ1) is 11.9. The van der Waals surface area contributed by atoms with E-state index in [1.165, 1.54) is 17.4 Å². The third-order valence-electron chi connectivity index (χ3n) is 3.75.